The Labute approximate surface area is 179 Å². The number of anilines is 1. The highest BCUT2D eigenvalue weighted by atomic mass is 35.5. The lowest BCUT2D eigenvalue weighted by Gasteiger charge is -2.13. The molecule has 29 heavy (non-hydrogen) atoms. The number of carbonyl (C=O) groups excluding carboxylic acids is 1. The van der Waals surface area contributed by atoms with Crippen LogP contribution in [0, 0.1) is 0 Å². The molecule has 0 aliphatic carbocycles. The predicted molar refractivity (Wildman–Crippen MR) is 115 cm³/mol. The first-order chi connectivity index (χ1) is 13.9. The van der Waals surface area contributed by atoms with Gasteiger partial charge in [-0.05, 0) is 48.0 Å². The van der Waals surface area contributed by atoms with Crippen LogP contribution in [0.3, 0.4) is 0 Å². The van der Waals surface area contributed by atoms with E-state index in [0.717, 1.165) is 5.56 Å². The summed E-state index contributed by atoms with van der Waals surface area (Å²) < 4.78 is 26.1. The molecule has 0 unspecified atom stereocenters. The zero-order chi connectivity index (χ0) is 20.9. The summed E-state index contributed by atoms with van der Waals surface area (Å²) in [4.78, 5) is 12.2. The molecule has 0 saturated heterocycles. The quantitative estimate of drug-likeness (QED) is 0.555. The second kappa shape index (κ2) is 9.31. The first-order valence-corrected chi connectivity index (χ1v) is 10.9. The summed E-state index contributed by atoms with van der Waals surface area (Å²) in [6.07, 6.45) is 0. The van der Waals surface area contributed by atoms with Crippen LogP contribution in [0.1, 0.15) is 5.56 Å². The molecule has 0 saturated carbocycles. The van der Waals surface area contributed by atoms with Gasteiger partial charge in [-0.3, -0.25) is 4.79 Å². The van der Waals surface area contributed by atoms with Gasteiger partial charge in [0.05, 0.1) is 22.0 Å². The lowest BCUT2D eigenvalue weighted by Crippen LogP contribution is -2.29. The summed E-state index contributed by atoms with van der Waals surface area (Å²) in [5, 5.41) is 6.38. The SMILES string of the molecule is O=C(CNc1ccc(Cl)cc1S(=O)(=O)c1ccc(Cl)cc1)NCc1ccccc1. The number of nitrogens with one attached hydrogen (secondary N) is 2. The van der Waals surface area contributed by atoms with Gasteiger partial charge in [0, 0.05) is 16.6 Å². The Morgan fingerprint density at radius 3 is 2.21 bits per heavy atom. The van der Waals surface area contributed by atoms with Crippen molar-refractivity contribution in [1.29, 1.82) is 0 Å². The minimum atomic E-state index is -3.85. The number of sulfone groups is 1. The van der Waals surface area contributed by atoms with Crippen molar-refractivity contribution in [2.75, 3.05) is 11.9 Å². The Balaban J connectivity index is 1.75. The van der Waals surface area contributed by atoms with Crippen molar-refractivity contribution in [1.82, 2.24) is 5.32 Å². The fourth-order valence-electron chi connectivity index (χ4n) is 2.64. The average Bonchev–Trinajstić information content (AvgIpc) is 2.72. The number of rotatable bonds is 7. The third-order valence-corrected chi connectivity index (χ3v) is 6.43. The second-order valence-electron chi connectivity index (χ2n) is 6.21. The molecule has 150 valence electrons. The van der Waals surface area contributed by atoms with E-state index in [9.17, 15) is 13.2 Å². The molecule has 0 atom stereocenters. The third-order valence-electron chi connectivity index (χ3n) is 4.13. The molecule has 1 amide bonds. The maximum atomic E-state index is 13.0. The van der Waals surface area contributed by atoms with Gasteiger partial charge in [0.25, 0.3) is 0 Å². The number of benzene rings is 3. The normalized spacial score (nSPS) is 11.1. The van der Waals surface area contributed by atoms with Crippen molar-refractivity contribution in [3.05, 3.63) is 88.4 Å². The molecule has 0 aromatic heterocycles. The third kappa shape index (κ3) is 5.50. The summed E-state index contributed by atoms with van der Waals surface area (Å²) in [5.74, 6) is -0.265. The smallest absolute Gasteiger partial charge is 0.239 e. The average molecular weight is 449 g/mol. The lowest BCUT2D eigenvalue weighted by molar-refractivity contribution is -0.119. The van der Waals surface area contributed by atoms with E-state index in [0.29, 0.717) is 17.3 Å². The first-order valence-electron chi connectivity index (χ1n) is 8.71. The van der Waals surface area contributed by atoms with E-state index in [1.807, 2.05) is 30.3 Å². The molecule has 0 heterocycles. The molecular weight excluding hydrogens is 431 g/mol. The van der Waals surface area contributed by atoms with E-state index in [1.165, 1.54) is 36.4 Å². The van der Waals surface area contributed by atoms with Gasteiger partial charge < -0.3 is 10.6 Å². The van der Waals surface area contributed by atoms with E-state index in [1.54, 1.807) is 6.07 Å². The van der Waals surface area contributed by atoms with Crippen molar-refractivity contribution in [3.8, 4) is 0 Å². The van der Waals surface area contributed by atoms with Crippen molar-refractivity contribution in [3.63, 3.8) is 0 Å². The molecule has 3 aromatic carbocycles. The van der Waals surface area contributed by atoms with Gasteiger partial charge in [0.15, 0.2) is 0 Å². The Kier molecular flexibility index (Phi) is 6.79. The number of halogens is 2. The predicted octanol–water partition coefficient (Wildman–Crippen LogP) is 4.55. The molecule has 2 N–H and O–H groups in total. The van der Waals surface area contributed by atoms with E-state index in [2.05, 4.69) is 10.6 Å². The fraction of sp³-hybridized carbons (Fsp3) is 0.0952. The highest BCUT2D eigenvalue weighted by molar-refractivity contribution is 7.91. The van der Waals surface area contributed by atoms with E-state index in [4.69, 9.17) is 23.2 Å². The minimum absolute atomic E-state index is 0.0109. The summed E-state index contributed by atoms with van der Waals surface area (Å²) in [6, 6.07) is 19.8. The van der Waals surface area contributed by atoms with Crippen LogP contribution in [-0.4, -0.2) is 20.9 Å². The largest absolute Gasteiger partial charge is 0.375 e. The van der Waals surface area contributed by atoms with Crippen LogP contribution in [0.4, 0.5) is 5.69 Å². The number of hydrogen-bond donors (Lipinski definition) is 2. The zero-order valence-electron chi connectivity index (χ0n) is 15.2. The molecule has 0 spiro atoms. The van der Waals surface area contributed by atoms with Crippen LogP contribution in [-0.2, 0) is 21.2 Å². The molecule has 3 aromatic rings. The summed E-state index contributed by atoms with van der Waals surface area (Å²) >= 11 is 11.9. The van der Waals surface area contributed by atoms with Crippen molar-refractivity contribution in [2.45, 2.75) is 16.3 Å². The van der Waals surface area contributed by atoms with Gasteiger partial charge in [-0.15, -0.1) is 0 Å². The highest BCUT2D eigenvalue weighted by Gasteiger charge is 2.22. The summed E-state index contributed by atoms with van der Waals surface area (Å²) in [6.45, 7) is 0.301. The molecule has 0 aliphatic rings. The van der Waals surface area contributed by atoms with Gasteiger partial charge in [0.1, 0.15) is 0 Å². The van der Waals surface area contributed by atoms with Crippen molar-refractivity contribution in [2.24, 2.45) is 0 Å². The van der Waals surface area contributed by atoms with Crippen molar-refractivity contribution < 1.29 is 13.2 Å². The van der Waals surface area contributed by atoms with Crippen molar-refractivity contribution >= 4 is 44.6 Å². The van der Waals surface area contributed by atoms with E-state index >= 15 is 0 Å². The zero-order valence-corrected chi connectivity index (χ0v) is 17.6. The van der Waals surface area contributed by atoms with Gasteiger partial charge in [-0.1, -0.05) is 53.5 Å². The molecule has 0 bridgehead atoms. The van der Waals surface area contributed by atoms with Crippen LogP contribution in [0.2, 0.25) is 10.0 Å². The lowest BCUT2D eigenvalue weighted by atomic mass is 10.2. The van der Waals surface area contributed by atoms with Crippen LogP contribution >= 0.6 is 23.2 Å². The highest BCUT2D eigenvalue weighted by Crippen LogP contribution is 2.30. The molecule has 0 radical (unpaired) electrons. The Bertz CT molecular complexity index is 1100. The Hall–Kier alpha value is -2.54. The maximum Gasteiger partial charge on any atom is 0.239 e. The van der Waals surface area contributed by atoms with Crippen LogP contribution in [0.15, 0.2) is 82.6 Å². The molecule has 0 fully saturated rings. The minimum Gasteiger partial charge on any atom is -0.375 e. The van der Waals surface area contributed by atoms with Crippen LogP contribution < -0.4 is 10.6 Å². The molecular formula is C21H18Cl2N2O3S. The number of amides is 1. The van der Waals surface area contributed by atoms with E-state index in [-0.39, 0.29) is 27.3 Å². The topological polar surface area (TPSA) is 75.3 Å². The van der Waals surface area contributed by atoms with Gasteiger partial charge in [-0.25, -0.2) is 8.42 Å². The summed E-state index contributed by atoms with van der Waals surface area (Å²) in [7, 11) is -3.85. The molecule has 0 aliphatic heterocycles. The van der Waals surface area contributed by atoms with Gasteiger partial charge in [-0.2, -0.15) is 0 Å². The van der Waals surface area contributed by atoms with E-state index < -0.39 is 9.84 Å². The molecule has 3 rings (SSSR count). The molecule has 8 heteroatoms. The Morgan fingerprint density at radius 1 is 0.862 bits per heavy atom. The van der Waals surface area contributed by atoms with Crippen LogP contribution in [0.5, 0.6) is 0 Å². The van der Waals surface area contributed by atoms with Gasteiger partial charge in [0.2, 0.25) is 15.7 Å². The van der Waals surface area contributed by atoms with Gasteiger partial charge >= 0.3 is 0 Å². The first kappa shape index (κ1) is 21.2. The summed E-state index contributed by atoms with van der Waals surface area (Å²) in [5.41, 5.74) is 1.26. The Morgan fingerprint density at radius 2 is 1.52 bits per heavy atom. The monoisotopic (exact) mass is 448 g/mol. The second-order valence-corrected chi connectivity index (χ2v) is 9.00. The number of hydrogen-bond acceptors (Lipinski definition) is 4. The maximum absolute atomic E-state index is 13.0. The van der Waals surface area contributed by atoms with Crippen LogP contribution in [0.25, 0.3) is 0 Å². The molecule has 5 nitrogen and oxygen atoms in total. The number of carbonyl (C=O) groups is 1. The standard InChI is InChI=1S/C21H18Cl2N2O3S/c22-16-6-9-18(10-7-16)29(27,28)20-12-17(23)8-11-19(20)24-14-21(26)25-13-15-4-2-1-3-5-15/h1-12,24H,13-14H2,(H,25,26). The fourth-order valence-corrected chi connectivity index (χ4v) is 4.46.